The number of hydrogen-bond donors (Lipinski definition) is 2. The van der Waals surface area contributed by atoms with E-state index in [0.29, 0.717) is 32.5 Å². The number of fused-ring (bicyclic) bond motifs is 1. The van der Waals surface area contributed by atoms with Crippen LogP contribution in [0, 0.1) is 0 Å². The first-order valence-corrected chi connectivity index (χ1v) is 7.00. The third-order valence-corrected chi connectivity index (χ3v) is 3.45. The Labute approximate surface area is 147 Å². The first-order chi connectivity index (χ1) is 10.5. The molecule has 0 spiro atoms. The molecular weight excluding hydrogens is 361 g/mol. The molecule has 2 N–H and O–H groups in total. The Hall–Kier alpha value is -2.08. The van der Waals surface area contributed by atoms with Crippen LogP contribution in [0.15, 0.2) is 42.7 Å². The van der Waals surface area contributed by atoms with Gasteiger partial charge in [0.2, 0.25) is 0 Å². The molecule has 5 nitrogen and oxygen atoms in total. The number of nitrogens with zero attached hydrogens (tertiary/aromatic N) is 2. The molecule has 0 unspecified atom stereocenters. The minimum atomic E-state index is -1.00. The average Bonchev–Trinajstić information content (AvgIpc) is 2.46. The molecule has 0 amide bonds. The van der Waals surface area contributed by atoms with Crippen LogP contribution in [0.3, 0.4) is 0 Å². The van der Waals surface area contributed by atoms with E-state index in [2.05, 4.69) is 15.3 Å². The maximum atomic E-state index is 11.0. The van der Waals surface area contributed by atoms with Gasteiger partial charge < -0.3 is 10.4 Å². The Morgan fingerprint density at radius 2 is 1.74 bits per heavy atom. The number of carboxylic acid groups (broad SMARTS) is 1. The number of halogens is 3. The van der Waals surface area contributed by atoms with Crippen molar-refractivity contribution in [1.82, 2.24) is 9.97 Å². The summed E-state index contributed by atoms with van der Waals surface area (Å²) in [5.41, 5.74) is 1.38. The van der Waals surface area contributed by atoms with Crippen molar-refractivity contribution in [3.8, 4) is 0 Å². The van der Waals surface area contributed by atoms with Gasteiger partial charge in [-0.25, -0.2) is 14.8 Å². The Morgan fingerprint density at radius 3 is 2.39 bits per heavy atom. The second kappa shape index (κ2) is 7.00. The molecule has 0 aliphatic heterocycles. The first-order valence-electron chi connectivity index (χ1n) is 6.24. The van der Waals surface area contributed by atoms with E-state index in [-0.39, 0.29) is 18.0 Å². The summed E-state index contributed by atoms with van der Waals surface area (Å²) in [6.45, 7) is 0. The number of aromatic nitrogens is 2. The van der Waals surface area contributed by atoms with Crippen molar-refractivity contribution in [3.05, 3.63) is 58.3 Å². The van der Waals surface area contributed by atoms with Gasteiger partial charge in [-0.3, -0.25) is 0 Å². The van der Waals surface area contributed by atoms with Gasteiger partial charge in [-0.2, -0.15) is 0 Å². The zero-order valence-corrected chi connectivity index (χ0v) is 13.8. The minimum Gasteiger partial charge on any atom is -0.478 e. The summed E-state index contributed by atoms with van der Waals surface area (Å²) in [5.74, 6) is -0.461. The second-order valence-electron chi connectivity index (χ2n) is 4.54. The van der Waals surface area contributed by atoms with Gasteiger partial charge in [-0.1, -0.05) is 23.2 Å². The van der Waals surface area contributed by atoms with E-state index >= 15 is 0 Å². The standard InChI is InChI=1S/C15H9Cl2N3O2.ClH/c16-9-4-10(17)6-11(5-9)20-14-12-2-1-8(15(21)22)3-13(12)18-7-19-14;/h1-7H,(H,21,22)(H,18,19,20);1H. The van der Waals surface area contributed by atoms with E-state index in [9.17, 15) is 4.79 Å². The van der Waals surface area contributed by atoms with Crippen LogP contribution < -0.4 is 5.32 Å². The third-order valence-electron chi connectivity index (χ3n) is 3.01. The van der Waals surface area contributed by atoms with E-state index < -0.39 is 5.97 Å². The van der Waals surface area contributed by atoms with Crippen molar-refractivity contribution in [2.45, 2.75) is 0 Å². The molecule has 2 aromatic carbocycles. The summed E-state index contributed by atoms with van der Waals surface area (Å²) in [6.07, 6.45) is 1.36. The van der Waals surface area contributed by atoms with Gasteiger partial charge in [0.25, 0.3) is 0 Å². The Kier molecular flexibility index (Phi) is 5.26. The molecule has 1 aromatic heterocycles. The molecule has 0 atom stereocenters. The lowest BCUT2D eigenvalue weighted by molar-refractivity contribution is 0.0697. The number of anilines is 2. The largest absolute Gasteiger partial charge is 0.478 e. The van der Waals surface area contributed by atoms with E-state index in [4.69, 9.17) is 28.3 Å². The molecule has 23 heavy (non-hydrogen) atoms. The molecule has 0 bridgehead atoms. The molecule has 8 heteroatoms. The predicted molar refractivity (Wildman–Crippen MR) is 93.5 cm³/mol. The fraction of sp³-hybridized carbons (Fsp3) is 0. The summed E-state index contributed by atoms with van der Waals surface area (Å²) in [7, 11) is 0. The van der Waals surface area contributed by atoms with Crippen LogP contribution in [-0.2, 0) is 0 Å². The quantitative estimate of drug-likeness (QED) is 0.692. The van der Waals surface area contributed by atoms with Crippen LogP contribution in [-0.4, -0.2) is 21.0 Å². The maximum absolute atomic E-state index is 11.0. The highest BCUT2D eigenvalue weighted by Crippen LogP contribution is 2.27. The van der Waals surface area contributed by atoms with Crippen LogP contribution in [0.2, 0.25) is 10.0 Å². The van der Waals surface area contributed by atoms with Gasteiger partial charge in [0.05, 0.1) is 11.1 Å². The zero-order chi connectivity index (χ0) is 15.7. The topological polar surface area (TPSA) is 75.1 Å². The van der Waals surface area contributed by atoms with E-state index in [1.165, 1.54) is 18.5 Å². The molecule has 0 fully saturated rings. The molecule has 0 saturated heterocycles. The average molecular weight is 371 g/mol. The fourth-order valence-electron chi connectivity index (χ4n) is 2.05. The van der Waals surface area contributed by atoms with Gasteiger partial charge in [0, 0.05) is 21.1 Å². The SMILES string of the molecule is Cl.O=C(O)c1ccc2c(Nc3cc(Cl)cc(Cl)c3)ncnc2c1. The number of hydrogen-bond acceptors (Lipinski definition) is 4. The normalized spacial score (nSPS) is 10.2. The van der Waals surface area contributed by atoms with Crippen molar-refractivity contribution in [3.63, 3.8) is 0 Å². The Balaban J connectivity index is 0.00000192. The van der Waals surface area contributed by atoms with Gasteiger partial charge in [0.15, 0.2) is 0 Å². The molecule has 0 radical (unpaired) electrons. The summed E-state index contributed by atoms with van der Waals surface area (Å²) < 4.78 is 0. The highest BCUT2D eigenvalue weighted by atomic mass is 35.5. The number of nitrogens with one attached hydrogen (secondary N) is 1. The number of aromatic carboxylic acids is 1. The monoisotopic (exact) mass is 369 g/mol. The fourth-order valence-corrected chi connectivity index (χ4v) is 2.58. The number of carboxylic acids is 1. The molecule has 3 rings (SSSR count). The summed E-state index contributed by atoms with van der Waals surface area (Å²) in [6, 6.07) is 9.72. The smallest absolute Gasteiger partial charge is 0.335 e. The Morgan fingerprint density at radius 1 is 1.04 bits per heavy atom. The number of carbonyl (C=O) groups is 1. The van der Waals surface area contributed by atoms with Crippen LogP contribution in [0.5, 0.6) is 0 Å². The van der Waals surface area contributed by atoms with E-state index in [0.717, 1.165) is 0 Å². The highest BCUT2D eigenvalue weighted by molar-refractivity contribution is 6.35. The molecule has 0 aliphatic rings. The summed E-state index contributed by atoms with van der Waals surface area (Å²) >= 11 is 11.9. The molecule has 3 aromatic rings. The van der Waals surface area contributed by atoms with Crippen molar-refractivity contribution in [2.24, 2.45) is 0 Å². The van der Waals surface area contributed by atoms with Crippen LogP contribution in [0.1, 0.15) is 10.4 Å². The van der Waals surface area contributed by atoms with Gasteiger partial charge in [-0.05, 0) is 36.4 Å². The zero-order valence-electron chi connectivity index (χ0n) is 11.5. The van der Waals surface area contributed by atoms with Crippen molar-refractivity contribution >= 4 is 64.0 Å². The van der Waals surface area contributed by atoms with Gasteiger partial charge in [0.1, 0.15) is 12.1 Å². The molecule has 0 aliphatic carbocycles. The van der Waals surface area contributed by atoms with E-state index in [1.807, 2.05) is 0 Å². The lowest BCUT2D eigenvalue weighted by Gasteiger charge is -2.09. The molecule has 1 heterocycles. The highest BCUT2D eigenvalue weighted by Gasteiger charge is 2.09. The molecule has 118 valence electrons. The van der Waals surface area contributed by atoms with Crippen LogP contribution >= 0.6 is 35.6 Å². The van der Waals surface area contributed by atoms with Crippen LogP contribution in [0.4, 0.5) is 11.5 Å². The lowest BCUT2D eigenvalue weighted by atomic mass is 10.1. The third kappa shape index (κ3) is 3.82. The van der Waals surface area contributed by atoms with Gasteiger partial charge in [-0.15, -0.1) is 12.4 Å². The van der Waals surface area contributed by atoms with E-state index in [1.54, 1.807) is 24.3 Å². The summed E-state index contributed by atoms with van der Waals surface area (Å²) in [5, 5.41) is 13.8. The Bertz CT molecular complexity index is 867. The lowest BCUT2D eigenvalue weighted by Crippen LogP contribution is -1.99. The number of benzene rings is 2. The minimum absolute atomic E-state index is 0. The molecular formula is C15H10Cl3N3O2. The predicted octanol–water partition coefficient (Wildman–Crippen LogP) is 4.80. The van der Waals surface area contributed by atoms with Crippen molar-refractivity contribution in [1.29, 1.82) is 0 Å². The molecule has 0 saturated carbocycles. The van der Waals surface area contributed by atoms with Crippen LogP contribution in [0.25, 0.3) is 10.9 Å². The van der Waals surface area contributed by atoms with Crippen molar-refractivity contribution < 1.29 is 9.90 Å². The van der Waals surface area contributed by atoms with Gasteiger partial charge >= 0.3 is 5.97 Å². The first kappa shape index (κ1) is 17.3. The summed E-state index contributed by atoms with van der Waals surface area (Å²) in [4.78, 5) is 19.3. The maximum Gasteiger partial charge on any atom is 0.335 e. The van der Waals surface area contributed by atoms with Crippen molar-refractivity contribution in [2.75, 3.05) is 5.32 Å². The second-order valence-corrected chi connectivity index (χ2v) is 5.42. The number of rotatable bonds is 3.